The summed E-state index contributed by atoms with van der Waals surface area (Å²) < 4.78 is 12.5. The van der Waals surface area contributed by atoms with Gasteiger partial charge >= 0.3 is 5.97 Å². The molecule has 3 fully saturated rings. The van der Waals surface area contributed by atoms with E-state index in [2.05, 4.69) is 12.1 Å². The molecule has 5 rings (SSSR count). The van der Waals surface area contributed by atoms with Crippen molar-refractivity contribution in [3.63, 3.8) is 0 Å². The van der Waals surface area contributed by atoms with Gasteiger partial charge in [0, 0.05) is 0 Å². The van der Waals surface area contributed by atoms with Crippen molar-refractivity contribution in [3.8, 4) is 11.5 Å². The zero-order valence-electron chi connectivity index (χ0n) is 16.4. The van der Waals surface area contributed by atoms with Gasteiger partial charge in [-0.05, 0) is 73.8 Å². The third kappa shape index (κ3) is 3.79. The van der Waals surface area contributed by atoms with Crippen molar-refractivity contribution in [1.29, 1.82) is 0 Å². The Bertz CT molecular complexity index is 805. The number of aliphatic carboxylic acids is 1. The van der Waals surface area contributed by atoms with E-state index in [4.69, 9.17) is 14.6 Å². The van der Waals surface area contributed by atoms with Crippen LogP contribution in [0.1, 0.15) is 51.0 Å². The largest absolute Gasteiger partial charge is 0.481 e. The molecule has 28 heavy (non-hydrogen) atoms. The Morgan fingerprint density at radius 1 is 1.07 bits per heavy atom. The summed E-state index contributed by atoms with van der Waals surface area (Å²) in [6.07, 6.45) is 5.85. The van der Waals surface area contributed by atoms with Gasteiger partial charge in [-0.1, -0.05) is 37.3 Å². The minimum absolute atomic E-state index is 0.156. The van der Waals surface area contributed by atoms with Crippen LogP contribution >= 0.6 is 0 Å². The van der Waals surface area contributed by atoms with Crippen LogP contribution in [0, 0.1) is 11.3 Å². The Labute approximate surface area is 166 Å². The highest BCUT2D eigenvalue weighted by molar-refractivity contribution is 5.69. The summed E-state index contributed by atoms with van der Waals surface area (Å²) in [4.78, 5) is 11.1. The number of hydrogen-bond donors (Lipinski definition) is 1. The highest BCUT2D eigenvalue weighted by Crippen LogP contribution is 2.55. The van der Waals surface area contributed by atoms with Crippen LogP contribution in [0.3, 0.4) is 0 Å². The molecule has 2 aliphatic heterocycles. The normalized spacial score (nSPS) is 27.3. The first-order valence-corrected chi connectivity index (χ1v) is 10.2. The highest BCUT2D eigenvalue weighted by atomic mass is 16.5. The molecule has 2 aromatic rings. The minimum Gasteiger partial charge on any atom is -0.481 e. The molecule has 1 unspecified atom stereocenters. The second-order valence-electron chi connectivity index (χ2n) is 8.50. The molecule has 148 valence electrons. The van der Waals surface area contributed by atoms with Gasteiger partial charge in [0.05, 0.1) is 18.1 Å². The molecule has 2 heterocycles. The molecule has 1 N–H and O–H groups in total. The van der Waals surface area contributed by atoms with Crippen LogP contribution in [0.15, 0.2) is 54.6 Å². The Kier molecular flexibility index (Phi) is 5.15. The molecular weight excluding hydrogens is 352 g/mol. The lowest BCUT2D eigenvalue weighted by Crippen LogP contribution is -2.49. The van der Waals surface area contributed by atoms with Gasteiger partial charge in [0.2, 0.25) is 0 Å². The van der Waals surface area contributed by atoms with Crippen molar-refractivity contribution in [2.75, 3.05) is 6.61 Å². The number of ether oxygens (including phenoxy) is 2. The molecular formula is C24H28O4. The van der Waals surface area contributed by atoms with Gasteiger partial charge < -0.3 is 14.6 Å². The van der Waals surface area contributed by atoms with E-state index in [1.807, 2.05) is 42.5 Å². The van der Waals surface area contributed by atoms with Crippen LogP contribution in [0.25, 0.3) is 0 Å². The fourth-order valence-corrected chi connectivity index (χ4v) is 4.57. The number of fused-ring (bicyclic) bond motifs is 3. The van der Waals surface area contributed by atoms with E-state index in [9.17, 15) is 4.79 Å². The number of benzene rings is 2. The van der Waals surface area contributed by atoms with Gasteiger partial charge in [0.25, 0.3) is 0 Å². The Balaban J connectivity index is 1.44. The lowest BCUT2D eigenvalue weighted by Gasteiger charge is -2.53. The second kappa shape index (κ2) is 7.59. The first-order chi connectivity index (χ1) is 13.5. The molecule has 0 spiro atoms. The summed E-state index contributed by atoms with van der Waals surface area (Å²) >= 11 is 0. The average molecular weight is 380 g/mol. The maximum atomic E-state index is 11.1. The highest BCUT2D eigenvalue weighted by Gasteiger charge is 2.50. The topological polar surface area (TPSA) is 55.8 Å². The summed E-state index contributed by atoms with van der Waals surface area (Å²) in [5.41, 5.74) is 1.12. The Hall–Kier alpha value is -2.33. The molecule has 0 radical (unpaired) electrons. The lowest BCUT2D eigenvalue weighted by atomic mass is 9.62. The van der Waals surface area contributed by atoms with Gasteiger partial charge in [-0.15, -0.1) is 0 Å². The molecule has 1 saturated carbocycles. The maximum Gasteiger partial charge on any atom is 0.306 e. The molecule has 1 atom stereocenters. The fourth-order valence-electron chi connectivity index (χ4n) is 4.57. The van der Waals surface area contributed by atoms with E-state index in [1.165, 1.54) is 5.56 Å². The van der Waals surface area contributed by atoms with E-state index >= 15 is 0 Å². The van der Waals surface area contributed by atoms with Crippen molar-refractivity contribution < 1.29 is 19.4 Å². The predicted octanol–water partition coefficient (Wildman–Crippen LogP) is 5.77. The van der Waals surface area contributed by atoms with Crippen LogP contribution in [-0.4, -0.2) is 17.7 Å². The number of para-hydroxylation sites is 1. The van der Waals surface area contributed by atoms with E-state index < -0.39 is 5.97 Å². The molecule has 2 bridgehead atoms. The molecule has 3 aliphatic rings. The van der Waals surface area contributed by atoms with Crippen molar-refractivity contribution >= 4 is 5.97 Å². The van der Waals surface area contributed by atoms with Crippen molar-refractivity contribution in [1.82, 2.24) is 0 Å². The molecule has 2 saturated heterocycles. The molecule has 4 heteroatoms. The fraction of sp³-hybridized carbons (Fsp3) is 0.458. The van der Waals surface area contributed by atoms with Gasteiger partial charge in [0.1, 0.15) is 11.5 Å². The third-order valence-electron chi connectivity index (χ3n) is 6.64. The van der Waals surface area contributed by atoms with E-state index in [0.29, 0.717) is 0 Å². The van der Waals surface area contributed by atoms with Gasteiger partial charge in [0.15, 0.2) is 0 Å². The number of carboxylic acid groups (broad SMARTS) is 1. The summed E-state index contributed by atoms with van der Waals surface area (Å²) in [5.74, 6) is 0.680. The van der Waals surface area contributed by atoms with Crippen LogP contribution in [0.5, 0.6) is 11.5 Å². The smallest absolute Gasteiger partial charge is 0.306 e. The van der Waals surface area contributed by atoms with Gasteiger partial charge in [-0.3, -0.25) is 4.79 Å². The molecule has 1 aliphatic carbocycles. The molecule has 0 amide bonds. The summed E-state index contributed by atoms with van der Waals surface area (Å²) in [7, 11) is 0. The predicted molar refractivity (Wildman–Crippen MR) is 108 cm³/mol. The van der Waals surface area contributed by atoms with E-state index in [-0.39, 0.29) is 16.9 Å². The average Bonchev–Trinajstić information content (AvgIpc) is 2.74. The van der Waals surface area contributed by atoms with Gasteiger partial charge in [-0.25, -0.2) is 0 Å². The number of rotatable bonds is 7. The van der Waals surface area contributed by atoms with Crippen molar-refractivity contribution in [3.05, 3.63) is 60.2 Å². The first-order valence-electron chi connectivity index (χ1n) is 10.2. The van der Waals surface area contributed by atoms with Crippen LogP contribution in [-0.2, 0) is 15.1 Å². The quantitative estimate of drug-likeness (QED) is 0.663. The number of hydrogen-bond acceptors (Lipinski definition) is 3. The monoisotopic (exact) mass is 380 g/mol. The van der Waals surface area contributed by atoms with Crippen LogP contribution in [0.4, 0.5) is 0 Å². The zero-order valence-corrected chi connectivity index (χ0v) is 16.4. The van der Waals surface area contributed by atoms with Crippen LogP contribution < -0.4 is 4.74 Å². The zero-order chi connectivity index (χ0) is 19.6. The van der Waals surface area contributed by atoms with E-state index in [1.54, 1.807) is 6.92 Å². The molecule has 2 aromatic carbocycles. The first kappa shape index (κ1) is 19.0. The summed E-state index contributed by atoms with van der Waals surface area (Å²) in [6.45, 7) is 2.52. The maximum absolute atomic E-state index is 11.1. The van der Waals surface area contributed by atoms with Crippen molar-refractivity contribution in [2.45, 2.75) is 51.0 Å². The standard InChI is InChI=1S/C24H28O4/c1-18(22(25)26)10-11-23-12-14-24(15-13-23,27-17-23)19-6-5-9-21(16-19)28-20-7-3-2-4-8-20/h2-9,16,18H,10-15,17H2,1H3,(H,25,26). The Morgan fingerprint density at radius 3 is 2.43 bits per heavy atom. The van der Waals surface area contributed by atoms with Crippen LogP contribution in [0.2, 0.25) is 0 Å². The third-order valence-corrected chi connectivity index (χ3v) is 6.64. The summed E-state index contributed by atoms with van der Waals surface area (Å²) in [5, 5.41) is 9.16. The molecule has 4 nitrogen and oxygen atoms in total. The summed E-state index contributed by atoms with van der Waals surface area (Å²) in [6, 6.07) is 18.1. The molecule has 0 aromatic heterocycles. The Morgan fingerprint density at radius 2 is 1.79 bits per heavy atom. The minimum atomic E-state index is -0.700. The number of carbonyl (C=O) groups is 1. The SMILES string of the molecule is CC(CCC12CCC(c3cccc(Oc4ccccc4)c3)(CC1)OC2)C(=O)O. The lowest BCUT2D eigenvalue weighted by molar-refractivity contribution is -0.192. The van der Waals surface area contributed by atoms with Gasteiger partial charge in [-0.2, -0.15) is 0 Å². The van der Waals surface area contributed by atoms with E-state index in [0.717, 1.165) is 56.6 Å². The second-order valence-corrected chi connectivity index (χ2v) is 8.50. The van der Waals surface area contributed by atoms with Crippen molar-refractivity contribution in [2.24, 2.45) is 11.3 Å². The number of carboxylic acids is 1.